The van der Waals surface area contributed by atoms with Crippen LogP contribution >= 0.6 is 0 Å². The monoisotopic (exact) mass is 282 g/mol. The Hall–Kier alpha value is -2.65. The van der Waals surface area contributed by atoms with Gasteiger partial charge in [0, 0.05) is 13.0 Å². The highest BCUT2D eigenvalue weighted by Gasteiger charge is 2.13. The predicted molar refractivity (Wildman–Crippen MR) is 61.9 cm³/mol. The fourth-order valence-electron chi connectivity index (χ4n) is 1.53. The first-order valence-electron chi connectivity index (χ1n) is 5.71. The van der Waals surface area contributed by atoms with Gasteiger partial charge in [0.15, 0.2) is 12.0 Å². The van der Waals surface area contributed by atoms with Crippen molar-refractivity contribution in [3.8, 4) is 0 Å². The summed E-state index contributed by atoms with van der Waals surface area (Å²) in [6.45, 7) is 0.151. The molecule has 106 valence electrons. The van der Waals surface area contributed by atoms with Gasteiger partial charge in [-0.1, -0.05) is 10.4 Å². The highest BCUT2D eigenvalue weighted by atomic mass is 19.1. The SMILES string of the molecule is O=Cc1cn(CCC(F)Cn2cc(C(=O)O)nn2)nn1. The van der Waals surface area contributed by atoms with Gasteiger partial charge in [0.25, 0.3) is 0 Å². The fourth-order valence-corrected chi connectivity index (χ4v) is 1.53. The Balaban J connectivity index is 1.83. The number of nitrogens with zero attached hydrogens (tertiary/aromatic N) is 6. The van der Waals surface area contributed by atoms with E-state index in [2.05, 4.69) is 20.6 Å². The molecule has 0 bridgehead atoms. The molecule has 0 fully saturated rings. The number of aromatic carboxylic acids is 1. The van der Waals surface area contributed by atoms with Gasteiger partial charge in [-0.25, -0.2) is 13.9 Å². The summed E-state index contributed by atoms with van der Waals surface area (Å²) in [5.74, 6) is -1.21. The van der Waals surface area contributed by atoms with Crippen LogP contribution in [0.25, 0.3) is 0 Å². The van der Waals surface area contributed by atoms with Crippen LogP contribution in [0.1, 0.15) is 27.4 Å². The maximum atomic E-state index is 13.7. The van der Waals surface area contributed by atoms with Gasteiger partial charge in [0.1, 0.15) is 11.9 Å². The molecule has 0 saturated carbocycles. The molecule has 0 radical (unpaired) electrons. The van der Waals surface area contributed by atoms with Gasteiger partial charge in [-0.05, 0) is 0 Å². The average molecular weight is 282 g/mol. The molecule has 0 aromatic carbocycles. The molecule has 2 rings (SSSR count). The minimum absolute atomic E-state index is 0.102. The van der Waals surface area contributed by atoms with E-state index in [-0.39, 0.29) is 30.9 Å². The normalized spacial score (nSPS) is 12.2. The standard InChI is InChI=1S/C10H11FN6O3/c11-7(1-2-16-4-8(6-18)12-14-16)3-17-5-9(10(19)20)13-15-17/h4-7H,1-3H2,(H,19,20). The molecule has 0 aliphatic heterocycles. The van der Waals surface area contributed by atoms with Gasteiger partial charge >= 0.3 is 5.97 Å². The summed E-state index contributed by atoms with van der Waals surface area (Å²) >= 11 is 0. The van der Waals surface area contributed by atoms with Crippen molar-refractivity contribution < 1.29 is 19.1 Å². The third kappa shape index (κ3) is 3.43. The second-order valence-electron chi connectivity index (χ2n) is 4.04. The van der Waals surface area contributed by atoms with Crippen LogP contribution in [0.3, 0.4) is 0 Å². The van der Waals surface area contributed by atoms with E-state index in [1.165, 1.54) is 10.9 Å². The number of aldehydes is 1. The lowest BCUT2D eigenvalue weighted by molar-refractivity contribution is 0.0690. The number of aryl methyl sites for hydroxylation is 1. The number of halogens is 1. The van der Waals surface area contributed by atoms with Crippen LogP contribution in [-0.2, 0) is 13.1 Å². The van der Waals surface area contributed by atoms with Crippen LogP contribution in [0.2, 0.25) is 0 Å². The molecular weight excluding hydrogens is 271 g/mol. The van der Waals surface area contributed by atoms with Crippen molar-refractivity contribution in [2.75, 3.05) is 0 Å². The van der Waals surface area contributed by atoms with Crippen LogP contribution in [-0.4, -0.2) is 53.5 Å². The summed E-state index contributed by atoms with van der Waals surface area (Å²) in [6, 6.07) is 0. The quantitative estimate of drug-likeness (QED) is 0.699. The van der Waals surface area contributed by atoms with Gasteiger partial charge in [-0.2, -0.15) is 0 Å². The molecule has 2 aromatic rings. The molecule has 2 heterocycles. The molecule has 10 heteroatoms. The molecule has 0 amide bonds. The van der Waals surface area contributed by atoms with Crippen molar-refractivity contribution >= 4 is 12.3 Å². The second kappa shape index (κ2) is 5.99. The third-order valence-corrected chi connectivity index (χ3v) is 2.49. The Morgan fingerprint density at radius 2 is 2.10 bits per heavy atom. The Morgan fingerprint density at radius 1 is 1.35 bits per heavy atom. The molecule has 0 aliphatic carbocycles. The Morgan fingerprint density at radius 3 is 2.70 bits per heavy atom. The van der Waals surface area contributed by atoms with E-state index in [1.54, 1.807) is 0 Å². The maximum absolute atomic E-state index is 13.7. The van der Waals surface area contributed by atoms with Gasteiger partial charge in [-0.3, -0.25) is 9.48 Å². The zero-order valence-electron chi connectivity index (χ0n) is 10.3. The molecule has 1 atom stereocenters. The van der Waals surface area contributed by atoms with E-state index in [9.17, 15) is 14.0 Å². The molecule has 1 unspecified atom stereocenters. The van der Waals surface area contributed by atoms with Crippen molar-refractivity contribution in [3.05, 3.63) is 23.8 Å². The minimum atomic E-state index is -1.25. The lowest BCUT2D eigenvalue weighted by Crippen LogP contribution is -2.15. The zero-order chi connectivity index (χ0) is 14.5. The number of carbonyl (C=O) groups excluding carboxylic acids is 1. The van der Waals surface area contributed by atoms with Gasteiger partial charge < -0.3 is 5.11 Å². The number of hydrogen-bond acceptors (Lipinski definition) is 6. The van der Waals surface area contributed by atoms with Gasteiger partial charge in [0.05, 0.1) is 18.9 Å². The Kier molecular flexibility index (Phi) is 4.13. The first-order chi connectivity index (χ1) is 9.58. The first kappa shape index (κ1) is 13.8. The lowest BCUT2D eigenvalue weighted by Gasteiger charge is -2.07. The number of carboxylic acid groups (broad SMARTS) is 1. The molecule has 20 heavy (non-hydrogen) atoms. The summed E-state index contributed by atoms with van der Waals surface area (Å²) < 4.78 is 16.2. The summed E-state index contributed by atoms with van der Waals surface area (Å²) in [5.41, 5.74) is -0.0492. The van der Waals surface area contributed by atoms with Crippen molar-refractivity contribution in [1.82, 2.24) is 30.0 Å². The van der Waals surface area contributed by atoms with E-state index >= 15 is 0 Å². The number of aromatic nitrogens is 6. The maximum Gasteiger partial charge on any atom is 0.358 e. The van der Waals surface area contributed by atoms with Crippen molar-refractivity contribution in [2.24, 2.45) is 0 Å². The summed E-state index contributed by atoms with van der Waals surface area (Å²) in [6.07, 6.45) is 2.01. The smallest absolute Gasteiger partial charge is 0.358 e. The summed E-state index contributed by atoms with van der Waals surface area (Å²) in [5, 5.41) is 22.7. The van der Waals surface area contributed by atoms with Gasteiger partial charge in [0.2, 0.25) is 0 Å². The highest BCUT2D eigenvalue weighted by molar-refractivity contribution is 5.84. The van der Waals surface area contributed by atoms with Crippen LogP contribution in [0.15, 0.2) is 12.4 Å². The van der Waals surface area contributed by atoms with Crippen molar-refractivity contribution in [2.45, 2.75) is 25.7 Å². The number of hydrogen-bond donors (Lipinski definition) is 1. The van der Waals surface area contributed by atoms with Crippen LogP contribution in [0.4, 0.5) is 4.39 Å². The molecule has 0 spiro atoms. The average Bonchev–Trinajstić information content (AvgIpc) is 3.04. The van der Waals surface area contributed by atoms with E-state index in [0.717, 1.165) is 10.9 Å². The van der Waals surface area contributed by atoms with Crippen LogP contribution in [0, 0.1) is 0 Å². The number of carbonyl (C=O) groups is 2. The summed E-state index contributed by atoms with van der Waals surface area (Å²) in [7, 11) is 0. The van der Waals surface area contributed by atoms with Crippen molar-refractivity contribution in [1.29, 1.82) is 0 Å². The molecule has 0 saturated heterocycles. The third-order valence-electron chi connectivity index (χ3n) is 2.49. The van der Waals surface area contributed by atoms with Crippen LogP contribution in [0.5, 0.6) is 0 Å². The zero-order valence-corrected chi connectivity index (χ0v) is 10.3. The predicted octanol–water partition coefficient (Wildman–Crippen LogP) is -0.191. The van der Waals surface area contributed by atoms with E-state index in [4.69, 9.17) is 5.11 Å². The fraction of sp³-hybridized carbons (Fsp3) is 0.400. The lowest BCUT2D eigenvalue weighted by atomic mass is 10.3. The summed E-state index contributed by atoms with van der Waals surface area (Å²) in [4.78, 5) is 21.0. The Bertz CT molecular complexity index is 610. The minimum Gasteiger partial charge on any atom is -0.476 e. The number of alkyl halides is 1. The van der Waals surface area contributed by atoms with Crippen LogP contribution < -0.4 is 0 Å². The first-order valence-corrected chi connectivity index (χ1v) is 5.71. The van der Waals surface area contributed by atoms with Crippen molar-refractivity contribution in [3.63, 3.8) is 0 Å². The molecule has 2 aromatic heterocycles. The highest BCUT2D eigenvalue weighted by Crippen LogP contribution is 2.04. The Labute approximate surface area is 112 Å². The largest absolute Gasteiger partial charge is 0.476 e. The molecule has 1 N–H and O–H groups in total. The van der Waals surface area contributed by atoms with E-state index in [1.807, 2.05) is 0 Å². The van der Waals surface area contributed by atoms with E-state index < -0.39 is 12.1 Å². The molecular formula is C10H11FN6O3. The number of carboxylic acids is 1. The topological polar surface area (TPSA) is 116 Å². The van der Waals surface area contributed by atoms with Gasteiger partial charge in [-0.15, -0.1) is 10.2 Å². The second-order valence-corrected chi connectivity index (χ2v) is 4.04. The van der Waals surface area contributed by atoms with E-state index in [0.29, 0.717) is 6.29 Å². The molecule has 9 nitrogen and oxygen atoms in total. The molecule has 0 aliphatic rings. The number of rotatable bonds is 7.